The second-order valence-electron chi connectivity index (χ2n) is 4.17. The van der Waals surface area contributed by atoms with E-state index in [1.165, 1.54) is 11.0 Å². The third-order valence-electron chi connectivity index (χ3n) is 2.58. The molecule has 18 heavy (non-hydrogen) atoms. The van der Waals surface area contributed by atoms with Crippen molar-refractivity contribution in [3.63, 3.8) is 0 Å². The first-order valence-electron chi connectivity index (χ1n) is 5.41. The van der Waals surface area contributed by atoms with Crippen LogP contribution in [0.2, 0.25) is 0 Å². The van der Waals surface area contributed by atoms with Gasteiger partial charge in [0.25, 0.3) is 5.91 Å². The van der Waals surface area contributed by atoms with Gasteiger partial charge < -0.3 is 10.0 Å². The zero-order valence-electron chi connectivity index (χ0n) is 10.1. The molecule has 6 nitrogen and oxygen atoms in total. The van der Waals surface area contributed by atoms with E-state index < -0.39 is 5.91 Å². The minimum absolute atomic E-state index is 0.122. The summed E-state index contributed by atoms with van der Waals surface area (Å²) in [6.45, 7) is 1.98. The molecule has 0 atom stereocenters. The van der Waals surface area contributed by atoms with Gasteiger partial charge in [-0.2, -0.15) is 4.99 Å². The van der Waals surface area contributed by atoms with Gasteiger partial charge in [0.1, 0.15) is 5.75 Å². The number of carbonyl (C=O) groups excluding carboxylic acids is 2. The molecule has 0 aliphatic carbocycles. The number of nitrogens with one attached hydrogen (secondary N) is 1. The first kappa shape index (κ1) is 12.1. The highest BCUT2D eigenvalue weighted by molar-refractivity contribution is 6.11. The summed E-state index contributed by atoms with van der Waals surface area (Å²) in [5, 5.41) is 12.1. The Morgan fingerprint density at radius 1 is 1.50 bits per heavy atom. The molecule has 1 aliphatic rings. The molecule has 0 radical (unpaired) electrons. The largest absolute Gasteiger partial charge is 0.507 e. The Morgan fingerprint density at radius 3 is 2.83 bits per heavy atom. The van der Waals surface area contributed by atoms with Gasteiger partial charge in [0, 0.05) is 7.05 Å². The second kappa shape index (κ2) is 4.48. The molecule has 1 aromatic rings. The number of hydrogen-bond acceptors (Lipinski definition) is 3. The minimum Gasteiger partial charge on any atom is -0.507 e. The summed E-state index contributed by atoms with van der Waals surface area (Å²) < 4.78 is 0. The van der Waals surface area contributed by atoms with Crippen molar-refractivity contribution in [3.8, 4) is 5.75 Å². The molecule has 2 amide bonds. The highest BCUT2D eigenvalue weighted by Crippen LogP contribution is 2.19. The van der Waals surface area contributed by atoms with Crippen molar-refractivity contribution in [2.75, 3.05) is 13.6 Å². The number of rotatable bonds is 1. The average molecular weight is 247 g/mol. The molecule has 0 bridgehead atoms. The van der Waals surface area contributed by atoms with Crippen LogP contribution in [0.25, 0.3) is 0 Å². The van der Waals surface area contributed by atoms with Crippen LogP contribution in [0.5, 0.6) is 5.75 Å². The van der Waals surface area contributed by atoms with Crippen molar-refractivity contribution in [2.24, 2.45) is 4.99 Å². The fourth-order valence-corrected chi connectivity index (χ4v) is 1.64. The Kier molecular flexibility index (Phi) is 3.01. The summed E-state index contributed by atoms with van der Waals surface area (Å²) in [7, 11) is 1.65. The summed E-state index contributed by atoms with van der Waals surface area (Å²) >= 11 is 0. The van der Waals surface area contributed by atoms with E-state index in [4.69, 9.17) is 0 Å². The van der Waals surface area contributed by atoms with Gasteiger partial charge >= 0.3 is 0 Å². The predicted molar refractivity (Wildman–Crippen MR) is 65.4 cm³/mol. The van der Waals surface area contributed by atoms with Crippen molar-refractivity contribution in [3.05, 3.63) is 29.3 Å². The summed E-state index contributed by atoms with van der Waals surface area (Å²) in [6, 6.07) is 4.70. The van der Waals surface area contributed by atoms with Crippen molar-refractivity contribution in [1.29, 1.82) is 0 Å². The fourth-order valence-electron chi connectivity index (χ4n) is 1.64. The maximum Gasteiger partial charge on any atom is 0.283 e. The number of guanidine groups is 1. The molecule has 2 N–H and O–H groups in total. The van der Waals surface area contributed by atoms with Gasteiger partial charge in [-0.15, -0.1) is 0 Å². The van der Waals surface area contributed by atoms with Crippen LogP contribution in [0.4, 0.5) is 0 Å². The van der Waals surface area contributed by atoms with E-state index in [0.29, 0.717) is 0 Å². The maximum absolute atomic E-state index is 11.9. The molecule has 1 aliphatic heterocycles. The lowest BCUT2D eigenvalue weighted by Gasteiger charge is -2.08. The predicted octanol–water partition coefficient (Wildman–Crippen LogP) is 0.258. The lowest BCUT2D eigenvalue weighted by Crippen LogP contribution is -2.28. The lowest BCUT2D eigenvalue weighted by atomic mass is 10.1. The summed E-state index contributed by atoms with van der Waals surface area (Å²) in [5.41, 5.74) is 0.970. The van der Waals surface area contributed by atoms with Crippen LogP contribution in [-0.2, 0) is 4.79 Å². The molecule has 2 rings (SSSR count). The number of phenols is 1. The van der Waals surface area contributed by atoms with E-state index in [-0.39, 0.29) is 29.7 Å². The number of amides is 2. The number of aromatic hydroxyl groups is 1. The van der Waals surface area contributed by atoms with E-state index in [1.54, 1.807) is 19.2 Å². The highest BCUT2D eigenvalue weighted by Gasteiger charge is 2.23. The Bertz CT molecular complexity index is 551. The zero-order chi connectivity index (χ0) is 13.3. The van der Waals surface area contributed by atoms with Crippen molar-refractivity contribution in [2.45, 2.75) is 6.92 Å². The number of aryl methyl sites for hydroxylation is 1. The summed E-state index contributed by atoms with van der Waals surface area (Å²) in [6.07, 6.45) is 0. The van der Waals surface area contributed by atoms with Gasteiger partial charge in [-0.25, -0.2) is 0 Å². The van der Waals surface area contributed by atoms with E-state index in [9.17, 15) is 14.7 Å². The standard InChI is InChI=1S/C12H13N3O3/c1-7-3-4-9(16)8(5-7)11(18)14-12-13-10(17)6-15(12)2/h3-5,16H,6H2,1-2H3,(H,13,14,17,18). The molecule has 0 unspecified atom stereocenters. The molecular formula is C12H13N3O3. The second-order valence-corrected chi connectivity index (χ2v) is 4.17. The Balaban J connectivity index is 2.30. The lowest BCUT2D eigenvalue weighted by molar-refractivity contribution is -0.118. The smallest absolute Gasteiger partial charge is 0.283 e. The van der Waals surface area contributed by atoms with Gasteiger partial charge in [0.05, 0.1) is 12.1 Å². The summed E-state index contributed by atoms with van der Waals surface area (Å²) in [5.74, 6) is -0.717. The number of likely N-dealkylation sites (N-methyl/N-ethyl adjacent to an activating group) is 1. The van der Waals surface area contributed by atoms with Gasteiger partial charge in [-0.1, -0.05) is 11.6 Å². The van der Waals surface area contributed by atoms with E-state index >= 15 is 0 Å². The molecule has 0 aromatic heterocycles. The first-order chi connectivity index (χ1) is 8.47. The molecule has 0 spiro atoms. The number of nitrogens with zero attached hydrogens (tertiary/aromatic N) is 2. The molecule has 1 heterocycles. The zero-order valence-corrected chi connectivity index (χ0v) is 10.1. The number of phenolic OH excluding ortho intramolecular Hbond substituents is 1. The SMILES string of the molecule is Cc1ccc(O)c(C(=O)N=C2NC(=O)CN2C)c1. The number of aliphatic imine (C=N–C) groups is 1. The number of carbonyl (C=O) groups is 2. The Hall–Kier alpha value is -2.37. The topological polar surface area (TPSA) is 82.0 Å². The van der Waals surface area contributed by atoms with Gasteiger partial charge in [0.15, 0.2) is 0 Å². The Morgan fingerprint density at radius 2 is 2.22 bits per heavy atom. The molecular weight excluding hydrogens is 234 g/mol. The van der Waals surface area contributed by atoms with Crippen LogP contribution in [0.1, 0.15) is 15.9 Å². The van der Waals surface area contributed by atoms with Gasteiger partial charge in [0.2, 0.25) is 11.9 Å². The third kappa shape index (κ3) is 2.32. The van der Waals surface area contributed by atoms with E-state index in [1.807, 2.05) is 6.92 Å². The van der Waals surface area contributed by atoms with Crippen LogP contribution in [0.3, 0.4) is 0 Å². The third-order valence-corrected chi connectivity index (χ3v) is 2.58. The number of hydrogen-bond donors (Lipinski definition) is 2. The van der Waals surface area contributed by atoms with Gasteiger partial charge in [-0.05, 0) is 19.1 Å². The van der Waals surface area contributed by atoms with Crippen LogP contribution in [-0.4, -0.2) is 41.4 Å². The Labute approximate surface area is 104 Å². The number of benzene rings is 1. The normalized spacial score (nSPS) is 17.1. The molecule has 6 heteroatoms. The van der Waals surface area contributed by atoms with Crippen LogP contribution < -0.4 is 5.32 Å². The highest BCUT2D eigenvalue weighted by atomic mass is 16.3. The van der Waals surface area contributed by atoms with E-state index in [2.05, 4.69) is 10.3 Å². The van der Waals surface area contributed by atoms with Crippen molar-refractivity contribution in [1.82, 2.24) is 10.2 Å². The first-order valence-corrected chi connectivity index (χ1v) is 5.41. The molecule has 1 saturated heterocycles. The van der Waals surface area contributed by atoms with Gasteiger partial charge in [-0.3, -0.25) is 14.9 Å². The molecule has 1 aromatic carbocycles. The van der Waals surface area contributed by atoms with E-state index in [0.717, 1.165) is 5.56 Å². The summed E-state index contributed by atoms with van der Waals surface area (Å²) in [4.78, 5) is 28.3. The van der Waals surface area contributed by atoms with Crippen LogP contribution in [0.15, 0.2) is 23.2 Å². The molecule has 1 fully saturated rings. The van der Waals surface area contributed by atoms with Crippen molar-refractivity contribution >= 4 is 17.8 Å². The maximum atomic E-state index is 11.9. The monoisotopic (exact) mass is 247 g/mol. The fraction of sp³-hybridized carbons (Fsp3) is 0.250. The molecule has 0 saturated carbocycles. The average Bonchev–Trinajstić information content (AvgIpc) is 2.61. The minimum atomic E-state index is -0.583. The van der Waals surface area contributed by atoms with Crippen LogP contribution >= 0.6 is 0 Å². The van der Waals surface area contributed by atoms with Crippen molar-refractivity contribution < 1.29 is 14.7 Å². The quantitative estimate of drug-likeness (QED) is 0.745. The van der Waals surface area contributed by atoms with Crippen LogP contribution in [0, 0.1) is 6.92 Å². The molecule has 94 valence electrons.